The highest BCUT2D eigenvalue weighted by Gasteiger charge is 2.32. The zero-order valence-corrected chi connectivity index (χ0v) is 17.0. The molecular formula is C21H32N4O3. The van der Waals surface area contributed by atoms with Crippen LogP contribution < -0.4 is 10.2 Å². The smallest absolute Gasteiger partial charge is 0.159 e. The molecule has 3 rings (SSSR count). The van der Waals surface area contributed by atoms with Crippen molar-refractivity contribution in [3.63, 3.8) is 0 Å². The van der Waals surface area contributed by atoms with E-state index < -0.39 is 0 Å². The van der Waals surface area contributed by atoms with Gasteiger partial charge in [-0.2, -0.15) is 5.26 Å². The number of aromatic nitrogens is 1. The molecule has 7 heteroatoms. The third kappa shape index (κ3) is 5.89. The molecule has 0 unspecified atom stereocenters. The molecule has 0 amide bonds. The largest absolute Gasteiger partial charge is 0.381 e. The number of nitrogens with zero attached hydrogens (tertiary/aromatic N) is 3. The molecule has 0 spiro atoms. The van der Waals surface area contributed by atoms with Gasteiger partial charge in [-0.15, -0.1) is 0 Å². The van der Waals surface area contributed by atoms with Crippen LogP contribution in [0.4, 0.5) is 5.69 Å². The lowest BCUT2D eigenvalue weighted by molar-refractivity contribution is -0.225. The number of anilines is 1. The molecule has 2 aliphatic heterocycles. The Labute approximate surface area is 168 Å². The van der Waals surface area contributed by atoms with Gasteiger partial charge in [-0.05, 0) is 37.9 Å². The lowest BCUT2D eigenvalue weighted by Crippen LogP contribution is -2.46. The van der Waals surface area contributed by atoms with E-state index in [2.05, 4.69) is 28.2 Å². The Morgan fingerprint density at radius 1 is 1.29 bits per heavy atom. The van der Waals surface area contributed by atoms with Crippen LogP contribution in [0.15, 0.2) is 18.3 Å². The Bertz CT molecular complexity index is 632. The molecule has 2 saturated heterocycles. The molecule has 1 N–H and O–H groups in total. The molecule has 2 fully saturated rings. The third-order valence-electron chi connectivity index (χ3n) is 5.52. The van der Waals surface area contributed by atoms with Crippen molar-refractivity contribution in [1.29, 1.82) is 5.26 Å². The van der Waals surface area contributed by atoms with E-state index >= 15 is 0 Å². The molecule has 0 radical (unpaired) electrons. The van der Waals surface area contributed by atoms with Crippen molar-refractivity contribution in [2.75, 3.05) is 58.0 Å². The van der Waals surface area contributed by atoms with Gasteiger partial charge in [0.05, 0.1) is 25.1 Å². The second kappa shape index (κ2) is 10.2. The van der Waals surface area contributed by atoms with E-state index in [0.29, 0.717) is 24.8 Å². The average Bonchev–Trinajstić information content (AvgIpc) is 2.73. The van der Waals surface area contributed by atoms with Gasteiger partial charge in [0.25, 0.3) is 0 Å². The molecule has 7 nitrogen and oxygen atoms in total. The maximum Gasteiger partial charge on any atom is 0.159 e. The quantitative estimate of drug-likeness (QED) is 0.731. The van der Waals surface area contributed by atoms with Gasteiger partial charge in [0.15, 0.2) is 6.29 Å². The van der Waals surface area contributed by atoms with E-state index in [0.717, 1.165) is 57.8 Å². The second-order valence-electron chi connectivity index (χ2n) is 8.20. The summed E-state index contributed by atoms with van der Waals surface area (Å²) in [6.07, 6.45) is 4.59. The Balaban J connectivity index is 1.58. The van der Waals surface area contributed by atoms with E-state index in [9.17, 15) is 0 Å². The van der Waals surface area contributed by atoms with Crippen LogP contribution in [-0.2, 0) is 14.2 Å². The number of pyridine rings is 1. The summed E-state index contributed by atoms with van der Waals surface area (Å²) in [5.41, 5.74) is 1.52. The van der Waals surface area contributed by atoms with Crippen LogP contribution in [0.2, 0.25) is 0 Å². The summed E-state index contributed by atoms with van der Waals surface area (Å²) in [6, 6.07) is 5.85. The van der Waals surface area contributed by atoms with E-state index in [1.165, 1.54) is 0 Å². The molecular weight excluding hydrogens is 356 g/mol. The molecule has 0 saturated carbocycles. The molecule has 154 valence electrons. The number of rotatable bonds is 8. The van der Waals surface area contributed by atoms with Crippen molar-refractivity contribution >= 4 is 5.69 Å². The monoisotopic (exact) mass is 388 g/mol. The summed E-state index contributed by atoms with van der Waals surface area (Å²) in [5.74, 6) is 0.608. The summed E-state index contributed by atoms with van der Waals surface area (Å²) >= 11 is 0. The van der Waals surface area contributed by atoms with Crippen molar-refractivity contribution in [2.24, 2.45) is 11.3 Å². The second-order valence-corrected chi connectivity index (χ2v) is 8.20. The first kappa shape index (κ1) is 21.0. The third-order valence-corrected chi connectivity index (χ3v) is 5.52. The van der Waals surface area contributed by atoms with Gasteiger partial charge in [-0.1, -0.05) is 6.92 Å². The lowest BCUT2D eigenvalue weighted by Gasteiger charge is -2.38. The zero-order valence-electron chi connectivity index (χ0n) is 17.0. The number of hydrogen-bond donors (Lipinski definition) is 1. The van der Waals surface area contributed by atoms with E-state index in [-0.39, 0.29) is 11.7 Å². The molecule has 28 heavy (non-hydrogen) atoms. The zero-order chi connectivity index (χ0) is 19.8. The first-order valence-corrected chi connectivity index (χ1v) is 10.2. The Kier molecular flexibility index (Phi) is 7.63. The summed E-state index contributed by atoms with van der Waals surface area (Å²) in [6.45, 7) is 7.94. The predicted octanol–water partition coefficient (Wildman–Crippen LogP) is 2.17. The van der Waals surface area contributed by atoms with E-state index in [1.54, 1.807) is 12.3 Å². The molecule has 0 bridgehead atoms. The molecule has 0 aromatic carbocycles. The van der Waals surface area contributed by atoms with Gasteiger partial charge in [0.1, 0.15) is 11.8 Å². The fourth-order valence-electron chi connectivity index (χ4n) is 3.84. The predicted molar refractivity (Wildman–Crippen MR) is 107 cm³/mol. The van der Waals surface area contributed by atoms with Gasteiger partial charge in [0, 0.05) is 44.7 Å². The number of hydrogen-bond acceptors (Lipinski definition) is 7. The Morgan fingerprint density at radius 2 is 2.04 bits per heavy atom. The lowest BCUT2D eigenvalue weighted by atomic mass is 9.92. The van der Waals surface area contributed by atoms with Crippen LogP contribution in [0.3, 0.4) is 0 Å². The van der Waals surface area contributed by atoms with Gasteiger partial charge >= 0.3 is 0 Å². The van der Waals surface area contributed by atoms with Crippen molar-refractivity contribution < 1.29 is 14.2 Å². The fourth-order valence-corrected chi connectivity index (χ4v) is 3.84. The topological polar surface area (TPSA) is 79.6 Å². The van der Waals surface area contributed by atoms with E-state index in [4.69, 9.17) is 19.5 Å². The molecule has 1 aromatic heterocycles. The summed E-state index contributed by atoms with van der Waals surface area (Å²) in [4.78, 5) is 6.59. The highest BCUT2D eigenvalue weighted by atomic mass is 16.7. The van der Waals surface area contributed by atoms with Crippen molar-refractivity contribution in [2.45, 2.75) is 32.5 Å². The number of nitrogens with one attached hydrogen (secondary N) is 1. The maximum atomic E-state index is 9.00. The highest BCUT2D eigenvalue weighted by Crippen LogP contribution is 2.26. The first-order valence-electron chi connectivity index (χ1n) is 10.2. The normalized spacial score (nSPS) is 26.0. The van der Waals surface area contributed by atoms with Crippen LogP contribution in [-0.4, -0.2) is 64.4 Å². The molecule has 1 aromatic rings. The van der Waals surface area contributed by atoms with Crippen LogP contribution in [0.5, 0.6) is 0 Å². The minimum atomic E-state index is -0.173. The maximum absolute atomic E-state index is 9.00. The standard InChI is InChI=1S/C21H32N4O3/c1-21(14-23-2)15-27-20(28-16-21)5-8-25(13-17-6-9-26-10-7-17)19-4-3-18(11-22)24-12-19/h3-4,12,17,20,23H,5-10,13-16H2,1-2H3. The SMILES string of the molecule is CNCC1(C)COC(CCN(CC2CCOCC2)c2ccc(C#N)nc2)OC1. The summed E-state index contributed by atoms with van der Waals surface area (Å²) in [7, 11) is 1.96. The summed E-state index contributed by atoms with van der Waals surface area (Å²) < 4.78 is 17.5. The van der Waals surface area contributed by atoms with Crippen molar-refractivity contribution in [3.05, 3.63) is 24.0 Å². The van der Waals surface area contributed by atoms with Crippen LogP contribution in [0.1, 0.15) is 31.9 Å². The van der Waals surface area contributed by atoms with Gasteiger partial charge in [-0.3, -0.25) is 0 Å². The Morgan fingerprint density at radius 3 is 2.64 bits per heavy atom. The molecule has 2 aliphatic rings. The van der Waals surface area contributed by atoms with Crippen LogP contribution >= 0.6 is 0 Å². The first-order chi connectivity index (χ1) is 13.6. The van der Waals surface area contributed by atoms with Crippen LogP contribution in [0, 0.1) is 22.7 Å². The highest BCUT2D eigenvalue weighted by molar-refractivity contribution is 5.46. The number of ether oxygens (including phenoxy) is 3. The fraction of sp³-hybridized carbons (Fsp3) is 0.714. The van der Waals surface area contributed by atoms with Crippen LogP contribution in [0.25, 0.3) is 0 Å². The molecule has 0 aliphatic carbocycles. The Hall–Kier alpha value is -1.72. The average molecular weight is 389 g/mol. The van der Waals surface area contributed by atoms with E-state index in [1.807, 2.05) is 13.1 Å². The van der Waals surface area contributed by atoms with Gasteiger partial charge in [0.2, 0.25) is 0 Å². The minimum absolute atomic E-state index is 0.0318. The summed E-state index contributed by atoms with van der Waals surface area (Å²) in [5, 5.41) is 12.2. The van der Waals surface area contributed by atoms with Crippen molar-refractivity contribution in [3.8, 4) is 6.07 Å². The molecule has 0 atom stereocenters. The number of nitriles is 1. The molecule has 3 heterocycles. The van der Waals surface area contributed by atoms with Gasteiger partial charge in [-0.25, -0.2) is 4.98 Å². The van der Waals surface area contributed by atoms with Crippen molar-refractivity contribution in [1.82, 2.24) is 10.3 Å². The van der Waals surface area contributed by atoms with Gasteiger partial charge < -0.3 is 24.4 Å². The minimum Gasteiger partial charge on any atom is -0.381 e.